The van der Waals surface area contributed by atoms with Crippen LogP contribution in [-0.4, -0.2) is 37.6 Å². The third-order valence-corrected chi connectivity index (χ3v) is 5.32. The molecule has 0 amide bonds. The topological polar surface area (TPSA) is 21.7 Å². The monoisotopic (exact) mass is 226 g/mol. The summed E-state index contributed by atoms with van der Waals surface area (Å²) in [5, 5.41) is 0. The molecule has 0 aromatic heterocycles. The van der Waals surface area contributed by atoms with Gasteiger partial charge in [-0.1, -0.05) is 11.8 Å². The largest absolute Gasteiger partial charge is 0.704 e. The fraction of sp³-hybridized carbons (Fsp3) is 1.00. The number of ether oxygens (including phenoxy) is 1. The standard InChI is InChI=1S/C6H14NO2PS2/c1-2-9-10(11,12)7-3-5-8-6-4-7/h2-6H2,1H3,(H,11,12)/p-1. The van der Waals surface area contributed by atoms with Gasteiger partial charge in [0.15, 0.2) is 0 Å². The summed E-state index contributed by atoms with van der Waals surface area (Å²) in [6.07, 6.45) is 0. The summed E-state index contributed by atoms with van der Waals surface area (Å²) < 4.78 is 12.6. The van der Waals surface area contributed by atoms with E-state index in [4.69, 9.17) is 33.3 Å². The van der Waals surface area contributed by atoms with Gasteiger partial charge in [-0.25, -0.2) is 0 Å². The van der Waals surface area contributed by atoms with Gasteiger partial charge in [-0.15, -0.1) is 0 Å². The Morgan fingerprint density at radius 1 is 1.58 bits per heavy atom. The van der Waals surface area contributed by atoms with Crippen molar-refractivity contribution >= 4 is 29.7 Å². The zero-order valence-corrected chi connectivity index (χ0v) is 9.59. The fourth-order valence-corrected chi connectivity index (χ4v) is 3.80. The molecule has 0 spiro atoms. The predicted octanol–water partition coefficient (Wildman–Crippen LogP) is 1.13. The highest BCUT2D eigenvalue weighted by Gasteiger charge is 2.16. The predicted molar refractivity (Wildman–Crippen MR) is 55.7 cm³/mol. The molecule has 3 nitrogen and oxygen atoms in total. The Kier molecular flexibility index (Phi) is 4.51. The van der Waals surface area contributed by atoms with Gasteiger partial charge in [0.25, 0.3) is 0 Å². The van der Waals surface area contributed by atoms with E-state index in [-0.39, 0.29) is 0 Å². The van der Waals surface area contributed by atoms with Crippen molar-refractivity contribution in [1.82, 2.24) is 4.67 Å². The third-order valence-electron chi connectivity index (χ3n) is 1.63. The number of hydrogen-bond acceptors (Lipinski definition) is 4. The lowest BCUT2D eigenvalue weighted by Crippen LogP contribution is -2.33. The highest BCUT2D eigenvalue weighted by atomic mass is 32.9. The van der Waals surface area contributed by atoms with E-state index in [0.717, 1.165) is 26.3 Å². The first-order chi connectivity index (χ1) is 5.67. The Hall–Kier alpha value is 0.880. The maximum absolute atomic E-state index is 5.38. The van der Waals surface area contributed by atoms with Crippen molar-refractivity contribution in [3.8, 4) is 0 Å². The van der Waals surface area contributed by atoms with Gasteiger partial charge < -0.3 is 21.5 Å². The second-order valence-corrected chi connectivity index (χ2v) is 7.88. The van der Waals surface area contributed by atoms with E-state index in [1.54, 1.807) is 0 Å². The Balaban J connectivity index is 2.48. The summed E-state index contributed by atoms with van der Waals surface area (Å²) in [5.74, 6) is 0. The highest BCUT2D eigenvalue weighted by molar-refractivity contribution is 8.52. The molecule has 1 rings (SSSR count). The Morgan fingerprint density at radius 2 is 2.17 bits per heavy atom. The quantitative estimate of drug-likeness (QED) is 0.530. The van der Waals surface area contributed by atoms with Crippen molar-refractivity contribution < 1.29 is 9.26 Å². The van der Waals surface area contributed by atoms with E-state index in [1.807, 2.05) is 6.92 Å². The summed E-state index contributed by atoms with van der Waals surface area (Å²) >= 11 is 10.5. The maximum Gasteiger partial charge on any atom is 0.0597 e. The van der Waals surface area contributed by atoms with Gasteiger partial charge in [-0.2, -0.15) is 0 Å². The van der Waals surface area contributed by atoms with Crippen LogP contribution in [-0.2, 0) is 33.3 Å². The molecule has 0 aliphatic carbocycles. The zero-order valence-electron chi connectivity index (χ0n) is 7.06. The smallest absolute Gasteiger partial charge is 0.0597 e. The van der Waals surface area contributed by atoms with Gasteiger partial charge in [-0.3, -0.25) is 4.67 Å². The second-order valence-electron chi connectivity index (χ2n) is 2.45. The first kappa shape index (κ1) is 11.0. The molecule has 1 aliphatic heterocycles. The summed E-state index contributed by atoms with van der Waals surface area (Å²) in [6.45, 7) is 5.62. The van der Waals surface area contributed by atoms with Crippen molar-refractivity contribution in [3.63, 3.8) is 0 Å². The molecule has 72 valence electrons. The first-order valence-electron chi connectivity index (χ1n) is 3.95. The van der Waals surface area contributed by atoms with E-state index in [0.29, 0.717) is 6.61 Å². The van der Waals surface area contributed by atoms with Crippen LogP contribution in [0.25, 0.3) is 0 Å². The minimum atomic E-state index is -2.10. The first-order valence-corrected chi connectivity index (χ1v) is 7.64. The highest BCUT2D eigenvalue weighted by Crippen LogP contribution is 2.48. The van der Waals surface area contributed by atoms with Gasteiger partial charge in [0.05, 0.1) is 13.2 Å². The van der Waals surface area contributed by atoms with Crippen LogP contribution in [0.5, 0.6) is 0 Å². The van der Waals surface area contributed by atoms with Crippen LogP contribution in [0.2, 0.25) is 0 Å². The lowest BCUT2D eigenvalue weighted by atomic mass is 10.5. The van der Waals surface area contributed by atoms with Crippen LogP contribution in [0, 0.1) is 0 Å². The Bertz CT molecular complexity index is 184. The summed E-state index contributed by atoms with van der Waals surface area (Å²) in [6, 6.07) is 0. The van der Waals surface area contributed by atoms with Crippen LogP contribution < -0.4 is 0 Å². The molecule has 1 aliphatic rings. The lowest BCUT2D eigenvalue weighted by Gasteiger charge is -2.41. The molecule has 0 saturated carbocycles. The van der Waals surface area contributed by atoms with Gasteiger partial charge in [-0.05, 0) is 6.92 Å². The van der Waals surface area contributed by atoms with E-state index >= 15 is 0 Å². The van der Waals surface area contributed by atoms with E-state index in [9.17, 15) is 0 Å². The van der Waals surface area contributed by atoms with E-state index < -0.39 is 5.62 Å². The summed E-state index contributed by atoms with van der Waals surface area (Å²) in [4.78, 5) is 0. The molecule has 1 saturated heterocycles. The molecule has 0 aromatic rings. The van der Waals surface area contributed by atoms with Gasteiger partial charge >= 0.3 is 0 Å². The lowest BCUT2D eigenvalue weighted by molar-refractivity contribution is 0.0710. The molecule has 12 heavy (non-hydrogen) atoms. The Morgan fingerprint density at radius 3 is 2.67 bits per heavy atom. The third kappa shape index (κ3) is 2.98. The molecule has 1 heterocycles. The van der Waals surface area contributed by atoms with Crippen molar-refractivity contribution in [3.05, 3.63) is 0 Å². The second kappa shape index (κ2) is 4.94. The Labute approximate surface area is 83.7 Å². The molecule has 0 bridgehead atoms. The number of nitrogens with zero attached hydrogens (tertiary/aromatic N) is 1. The minimum absolute atomic E-state index is 0.609. The molecular weight excluding hydrogens is 213 g/mol. The SMILES string of the molecule is CCOP(=S)([S-])N1CCOCC1. The molecule has 0 radical (unpaired) electrons. The van der Waals surface area contributed by atoms with Crippen molar-refractivity contribution in [2.45, 2.75) is 6.92 Å². The number of morpholine rings is 1. The van der Waals surface area contributed by atoms with Crippen molar-refractivity contribution in [2.75, 3.05) is 32.9 Å². The number of hydrogen-bond donors (Lipinski definition) is 0. The minimum Gasteiger partial charge on any atom is -0.704 e. The van der Waals surface area contributed by atoms with Gasteiger partial charge in [0.1, 0.15) is 0 Å². The summed E-state index contributed by atoms with van der Waals surface area (Å²) in [7, 11) is 0. The molecule has 1 fully saturated rings. The van der Waals surface area contributed by atoms with Crippen LogP contribution in [0.4, 0.5) is 0 Å². The maximum atomic E-state index is 5.38. The van der Waals surface area contributed by atoms with Crippen LogP contribution in [0.3, 0.4) is 0 Å². The van der Waals surface area contributed by atoms with Crippen LogP contribution in [0.15, 0.2) is 0 Å². The van der Waals surface area contributed by atoms with Gasteiger partial charge in [0.2, 0.25) is 0 Å². The van der Waals surface area contributed by atoms with Crippen LogP contribution >= 0.6 is 5.62 Å². The molecule has 1 unspecified atom stereocenters. The van der Waals surface area contributed by atoms with Crippen molar-refractivity contribution in [2.24, 2.45) is 0 Å². The number of rotatable bonds is 3. The molecule has 0 N–H and O–H groups in total. The summed E-state index contributed by atoms with van der Waals surface area (Å²) in [5.41, 5.74) is -2.10. The van der Waals surface area contributed by atoms with E-state index in [2.05, 4.69) is 4.67 Å². The zero-order chi connectivity index (χ0) is 9.03. The van der Waals surface area contributed by atoms with Gasteiger partial charge in [0, 0.05) is 25.3 Å². The fourth-order valence-electron chi connectivity index (χ4n) is 1.04. The van der Waals surface area contributed by atoms with E-state index in [1.165, 1.54) is 0 Å². The van der Waals surface area contributed by atoms with Crippen LogP contribution in [0.1, 0.15) is 6.92 Å². The normalized spacial score (nSPS) is 25.2. The average Bonchev–Trinajstić information content (AvgIpc) is 2.06. The molecule has 1 atom stereocenters. The molecular formula is C6H13NO2PS2-. The van der Waals surface area contributed by atoms with Crippen molar-refractivity contribution in [1.29, 1.82) is 0 Å². The molecule has 0 aromatic carbocycles. The molecule has 6 heteroatoms. The average molecular weight is 226 g/mol.